The van der Waals surface area contributed by atoms with Gasteiger partial charge in [-0.25, -0.2) is 0 Å². The highest BCUT2D eigenvalue weighted by molar-refractivity contribution is 5.36. The first-order chi connectivity index (χ1) is 7.72. The van der Waals surface area contributed by atoms with Crippen LogP contribution in [0.5, 0.6) is 0 Å². The van der Waals surface area contributed by atoms with Crippen molar-refractivity contribution >= 4 is 17.8 Å². The average Bonchev–Trinajstić information content (AvgIpc) is 2.22. The van der Waals surface area contributed by atoms with Gasteiger partial charge in [-0.3, -0.25) is 0 Å². The van der Waals surface area contributed by atoms with E-state index in [0.717, 1.165) is 32.2 Å². The highest BCUT2D eigenvalue weighted by Crippen LogP contribution is 2.04. The fourth-order valence-corrected chi connectivity index (χ4v) is 1.28. The molecule has 6 N–H and O–H groups in total. The third-order valence-corrected chi connectivity index (χ3v) is 2.04. The second kappa shape index (κ2) is 6.78. The summed E-state index contributed by atoms with van der Waals surface area (Å²) in [5.41, 5.74) is 10.8. The van der Waals surface area contributed by atoms with Crippen molar-refractivity contribution in [2.45, 2.75) is 25.7 Å². The van der Waals surface area contributed by atoms with Gasteiger partial charge in [-0.2, -0.15) is 15.0 Å². The van der Waals surface area contributed by atoms with Gasteiger partial charge in [-0.15, -0.1) is 0 Å². The maximum absolute atomic E-state index is 8.59. The zero-order valence-electron chi connectivity index (χ0n) is 9.19. The van der Waals surface area contributed by atoms with Crippen molar-refractivity contribution in [3.63, 3.8) is 0 Å². The SMILES string of the molecule is Nc1nc(N)nc(NCCCCCCO)n1. The number of aliphatic hydroxyl groups is 1. The summed E-state index contributed by atoms with van der Waals surface area (Å²) in [4.78, 5) is 11.5. The molecule has 1 rings (SSSR count). The molecule has 0 aliphatic rings. The zero-order chi connectivity index (χ0) is 11.8. The highest BCUT2D eigenvalue weighted by Gasteiger charge is 2.00. The van der Waals surface area contributed by atoms with Gasteiger partial charge in [-0.1, -0.05) is 12.8 Å². The number of nitrogen functional groups attached to an aromatic ring is 2. The molecule has 0 saturated carbocycles. The van der Waals surface area contributed by atoms with Crippen LogP contribution in [0.3, 0.4) is 0 Å². The van der Waals surface area contributed by atoms with E-state index >= 15 is 0 Å². The maximum atomic E-state index is 8.59. The van der Waals surface area contributed by atoms with Crippen molar-refractivity contribution in [2.75, 3.05) is 29.9 Å². The Morgan fingerprint density at radius 3 is 2.19 bits per heavy atom. The molecule has 1 aromatic rings. The molecule has 0 unspecified atom stereocenters. The number of anilines is 3. The van der Waals surface area contributed by atoms with Crippen molar-refractivity contribution in [3.05, 3.63) is 0 Å². The van der Waals surface area contributed by atoms with Crippen molar-refractivity contribution < 1.29 is 5.11 Å². The summed E-state index contributed by atoms with van der Waals surface area (Å²) < 4.78 is 0. The molecule has 1 heterocycles. The van der Waals surface area contributed by atoms with Crippen LogP contribution in [0, 0.1) is 0 Å². The van der Waals surface area contributed by atoms with Crippen molar-refractivity contribution in [2.24, 2.45) is 0 Å². The Kier molecular flexibility index (Phi) is 5.27. The second-order valence-corrected chi connectivity index (χ2v) is 3.44. The van der Waals surface area contributed by atoms with Gasteiger partial charge in [0.15, 0.2) is 0 Å². The number of nitrogens with two attached hydrogens (primary N) is 2. The summed E-state index contributed by atoms with van der Waals surface area (Å²) in [7, 11) is 0. The van der Waals surface area contributed by atoms with Gasteiger partial charge in [-0.05, 0) is 12.8 Å². The highest BCUT2D eigenvalue weighted by atomic mass is 16.2. The summed E-state index contributed by atoms with van der Waals surface area (Å²) in [6.07, 6.45) is 3.93. The lowest BCUT2D eigenvalue weighted by Crippen LogP contribution is -2.10. The van der Waals surface area contributed by atoms with Crippen LogP contribution in [0.25, 0.3) is 0 Å². The van der Waals surface area contributed by atoms with Crippen LogP contribution < -0.4 is 16.8 Å². The molecule has 0 bridgehead atoms. The van der Waals surface area contributed by atoms with Crippen LogP contribution in [0.15, 0.2) is 0 Å². The van der Waals surface area contributed by atoms with E-state index in [1.54, 1.807) is 0 Å². The lowest BCUT2D eigenvalue weighted by atomic mass is 10.2. The van der Waals surface area contributed by atoms with E-state index in [-0.39, 0.29) is 18.5 Å². The van der Waals surface area contributed by atoms with Crippen LogP contribution in [0.1, 0.15) is 25.7 Å². The molecule has 0 radical (unpaired) electrons. The number of unbranched alkanes of at least 4 members (excludes halogenated alkanes) is 3. The third-order valence-electron chi connectivity index (χ3n) is 2.04. The van der Waals surface area contributed by atoms with Gasteiger partial charge < -0.3 is 21.9 Å². The Morgan fingerprint density at radius 2 is 1.56 bits per heavy atom. The molecule has 0 amide bonds. The fourth-order valence-electron chi connectivity index (χ4n) is 1.28. The minimum Gasteiger partial charge on any atom is -0.396 e. The van der Waals surface area contributed by atoms with Gasteiger partial charge in [0.2, 0.25) is 17.8 Å². The second-order valence-electron chi connectivity index (χ2n) is 3.44. The lowest BCUT2D eigenvalue weighted by Gasteiger charge is -2.05. The predicted octanol–water partition coefficient (Wildman–Crippen LogP) is 0.000600. The summed E-state index contributed by atoms with van der Waals surface area (Å²) in [6, 6.07) is 0. The minimum absolute atomic E-state index is 0.121. The van der Waals surface area contributed by atoms with Crippen LogP contribution in [-0.2, 0) is 0 Å². The molecule has 7 heteroatoms. The monoisotopic (exact) mass is 226 g/mol. The van der Waals surface area contributed by atoms with E-state index in [4.69, 9.17) is 16.6 Å². The number of nitrogens with one attached hydrogen (secondary N) is 1. The number of hydrogen-bond acceptors (Lipinski definition) is 7. The molecule has 0 aromatic carbocycles. The topological polar surface area (TPSA) is 123 Å². The standard InChI is InChI=1S/C9H18N6O/c10-7-13-8(11)15-9(14-7)12-5-3-1-2-4-6-16/h16H,1-6H2,(H5,10,11,12,13,14,15). The normalized spacial score (nSPS) is 10.3. The molecular formula is C9H18N6O. The summed E-state index contributed by atoms with van der Waals surface area (Å²) in [5, 5.41) is 11.6. The van der Waals surface area contributed by atoms with Gasteiger partial charge in [0, 0.05) is 13.2 Å². The Hall–Kier alpha value is -1.63. The Morgan fingerprint density at radius 1 is 0.938 bits per heavy atom. The van der Waals surface area contributed by atoms with Crippen molar-refractivity contribution in [1.82, 2.24) is 15.0 Å². The smallest absolute Gasteiger partial charge is 0.229 e. The first kappa shape index (κ1) is 12.4. The quantitative estimate of drug-likeness (QED) is 0.482. The van der Waals surface area contributed by atoms with Gasteiger partial charge >= 0.3 is 0 Å². The van der Waals surface area contributed by atoms with Crippen LogP contribution in [-0.4, -0.2) is 33.2 Å². The third kappa shape index (κ3) is 4.74. The molecule has 1 aromatic heterocycles. The molecular weight excluding hydrogens is 208 g/mol. The molecule has 0 fully saturated rings. The van der Waals surface area contributed by atoms with E-state index in [9.17, 15) is 0 Å². The van der Waals surface area contributed by atoms with Crippen molar-refractivity contribution in [1.29, 1.82) is 0 Å². The molecule has 0 aliphatic heterocycles. The number of hydrogen-bond donors (Lipinski definition) is 4. The summed E-state index contributed by atoms with van der Waals surface area (Å²) >= 11 is 0. The lowest BCUT2D eigenvalue weighted by molar-refractivity contribution is 0.283. The first-order valence-electron chi connectivity index (χ1n) is 5.34. The van der Waals surface area contributed by atoms with Crippen LogP contribution in [0.4, 0.5) is 17.8 Å². The molecule has 0 spiro atoms. The number of rotatable bonds is 7. The molecule has 16 heavy (non-hydrogen) atoms. The Labute approximate surface area is 94.3 Å². The van der Waals surface area contributed by atoms with Crippen molar-refractivity contribution in [3.8, 4) is 0 Å². The van der Waals surface area contributed by atoms with E-state index < -0.39 is 0 Å². The average molecular weight is 226 g/mol. The zero-order valence-corrected chi connectivity index (χ0v) is 9.19. The van der Waals surface area contributed by atoms with E-state index in [1.165, 1.54) is 0 Å². The largest absolute Gasteiger partial charge is 0.396 e. The molecule has 90 valence electrons. The van der Waals surface area contributed by atoms with Gasteiger partial charge in [0.1, 0.15) is 0 Å². The molecule has 0 atom stereocenters. The number of nitrogens with zero attached hydrogens (tertiary/aromatic N) is 3. The number of aromatic nitrogens is 3. The fraction of sp³-hybridized carbons (Fsp3) is 0.667. The molecule has 0 saturated heterocycles. The first-order valence-corrected chi connectivity index (χ1v) is 5.34. The van der Waals surface area contributed by atoms with E-state index in [2.05, 4.69) is 20.3 Å². The van der Waals surface area contributed by atoms with Gasteiger partial charge in [0.25, 0.3) is 0 Å². The van der Waals surface area contributed by atoms with Gasteiger partial charge in [0.05, 0.1) is 0 Å². The van der Waals surface area contributed by atoms with Crippen LogP contribution in [0.2, 0.25) is 0 Å². The van der Waals surface area contributed by atoms with E-state index in [0.29, 0.717) is 5.95 Å². The summed E-state index contributed by atoms with van der Waals surface area (Å²) in [5.74, 6) is 0.651. The molecule has 0 aliphatic carbocycles. The molecule has 7 nitrogen and oxygen atoms in total. The van der Waals surface area contributed by atoms with E-state index in [1.807, 2.05) is 0 Å². The Bertz CT molecular complexity index is 299. The maximum Gasteiger partial charge on any atom is 0.229 e. The predicted molar refractivity (Wildman–Crippen MR) is 62.7 cm³/mol. The summed E-state index contributed by atoms with van der Waals surface area (Å²) in [6.45, 7) is 1.02. The van der Waals surface area contributed by atoms with Crippen LogP contribution >= 0.6 is 0 Å². The number of aliphatic hydroxyl groups excluding tert-OH is 1. The Balaban J connectivity index is 2.21. The minimum atomic E-state index is 0.121.